The van der Waals surface area contributed by atoms with Gasteiger partial charge in [-0.25, -0.2) is 15.0 Å². The fourth-order valence-electron chi connectivity index (χ4n) is 3.21. The van der Waals surface area contributed by atoms with Gasteiger partial charge in [-0.1, -0.05) is 18.2 Å². The van der Waals surface area contributed by atoms with Gasteiger partial charge in [0, 0.05) is 11.3 Å². The van der Waals surface area contributed by atoms with Crippen molar-refractivity contribution < 1.29 is 5.11 Å². The number of hydrogen-bond donors (Lipinski definition) is 1. The van der Waals surface area contributed by atoms with Gasteiger partial charge in [0.15, 0.2) is 5.82 Å². The molecule has 1 atom stereocenters. The Morgan fingerprint density at radius 1 is 1.22 bits per heavy atom. The molecular weight excluding hydrogens is 306 g/mol. The Hall–Kier alpha value is -1.98. The van der Waals surface area contributed by atoms with Crippen LogP contribution in [0, 0.1) is 6.92 Å². The van der Waals surface area contributed by atoms with E-state index < -0.39 is 6.10 Å². The second-order valence-electron chi connectivity index (χ2n) is 5.76. The predicted octanol–water partition coefficient (Wildman–Crippen LogP) is 3.72. The third kappa shape index (κ3) is 2.31. The standard InChI is InChI=1S/C18H17N3OS/c1-10-6-5-9-13(19-10)17-20-15-11-7-3-4-8-12(11)16(22)14(15)18(21-17)23-2/h4-6,8-9,16,22H,3,7H2,1-2H3. The van der Waals surface area contributed by atoms with Crippen molar-refractivity contribution in [2.24, 2.45) is 0 Å². The van der Waals surface area contributed by atoms with Crippen LogP contribution in [0.5, 0.6) is 0 Å². The van der Waals surface area contributed by atoms with Crippen molar-refractivity contribution in [2.45, 2.75) is 30.9 Å². The minimum Gasteiger partial charge on any atom is -0.383 e. The lowest BCUT2D eigenvalue weighted by atomic mass is 9.99. The van der Waals surface area contributed by atoms with E-state index in [2.05, 4.69) is 16.0 Å². The molecule has 0 aliphatic heterocycles. The SMILES string of the molecule is CSc1nc(-c2cccc(C)n2)nc2c1C(O)C1=C2CCC=C1. The molecule has 0 fully saturated rings. The van der Waals surface area contributed by atoms with Crippen molar-refractivity contribution in [1.82, 2.24) is 15.0 Å². The first-order chi connectivity index (χ1) is 11.2. The summed E-state index contributed by atoms with van der Waals surface area (Å²) in [6.45, 7) is 1.96. The minimum absolute atomic E-state index is 0.612. The summed E-state index contributed by atoms with van der Waals surface area (Å²) in [5.74, 6) is 0.632. The van der Waals surface area contributed by atoms with E-state index in [-0.39, 0.29) is 0 Å². The number of allylic oxidation sites excluding steroid dienone is 2. The quantitative estimate of drug-likeness (QED) is 0.674. The van der Waals surface area contributed by atoms with Gasteiger partial charge >= 0.3 is 0 Å². The average Bonchev–Trinajstić information content (AvgIpc) is 2.87. The van der Waals surface area contributed by atoms with Crippen LogP contribution in [0.15, 0.2) is 41.0 Å². The van der Waals surface area contributed by atoms with Crippen LogP contribution in [-0.4, -0.2) is 26.3 Å². The highest BCUT2D eigenvalue weighted by molar-refractivity contribution is 7.98. The number of rotatable bonds is 2. The Morgan fingerprint density at radius 2 is 2.09 bits per heavy atom. The van der Waals surface area contributed by atoms with Crippen LogP contribution in [0.4, 0.5) is 0 Å². The van der Waals surface area contributed by atoms with E-state index >= 15 is 0 Å². The lowest BCUT2D eigenvalue weighted by molar-refractivity contribution is 0.219. The van der Waals surface area contributed by atoms with E-state index in [1.165, 1.54) is 0 Å². The molecule has 2 aliphatic rings. The van der Waals surface area contributed by atoms with Gasteiger partial charge in [-0.3, -0.25) is 0 Å². The molecule has 0 spiro atoms. The molecule has 0 radical (unpaired) electrons. The summed E-state index contributed by atoms with van der Waals surface area (Å²) in [6, 6.07) is 5.86. The van der Waals surface area contributed by atoms with E-state index in [1.54, 1.807) is 11.8 Å². The molecule has 4 rings (SSSR count). The Bertz CT molecular complexity index is 857. The normalized spacial score (nSPS) is 19.0. The van der Waals surface area contributed by atoms with E-state index in [0.29, 0.717) is 5.82 Å². The lowest BCUT2D eigenvalue weighted by Gasteiger charge is -2.12. The Labute approximate surface area is 139 Å². The fraction of sp³-hybridized carbons (Fsp3) is 0.278. The topological polar surface area (TPSA) is 58.9 Å². The van der Waals surface area contributed by atoms with Crippen LogP contribution in [0.25, 0.3) is 17.1 Å². The summed E-state index contributed by atoms with van der Waals surface area (Å²) < 4.78 is 0. The summed E-state index contributed by atoms with van der Waals surface area (Å²) in [4.78, 5) is 14.0. The van der Waals surface area contributed by atoms with E-state index in [0.717, 1.165) is 51.7 Å². The third-order valence-corrected chi connectivity index (χ3v) is 4.98. The number of hydrogen-bond acceptors (Lipinski definition) is 5. The molecule has 1 unspecified atom stereocenters. The zero-order valence-electron chi connectivity index (χ0n) is 13.1. The van der Waals surface area contributed by atoms with Crippen LogP contribution in [0.2, 0.25) is 0 Å². The maximum absolute atomic E-state index is 10.7. The second-order valence-corrected chi connectivity index (χ2v) is 6.56. The van der Waals surface area contributed by atoms with Crippen molar-refractivity contribution in [3.05, 3.63) is 52.9 Å². The van der Waals surface area contributed by atoms with Crippen LogP contribution in [0.3, 0.4) is 0 Å². The van der Waals surface area contributed by atoms with Crippen LogP contribution in [0.1, 0.15) is 35.9 Å². The van der Waals surface area contributed by atoms with Gasteiger partial charge in [0.2, 0.25) is 0 Å². The molecule has 0 saturated heterocycles. The van der Waals surface area contributed by atoms with Crippen LogP contribution >= 0.6 is 11.8 Å². The largest absolute Gasteiger partial charge is 0.383 e. The van der Waals surface area contributed by atoms with Crippen molar-refractivity contribution in [1.29, 1.82) is 0 Å². The molecule has 1 N–H and O–H groups in total. The first kappa shape index (κ1) is 14.6. The van der Waals surface area contributed by atoms with E-state index in [9.17, 15) is 5.11 Å². The number of thioether (sulfide) groups is 1. The number of aryl methyl sites for hydroxylation is 1. The first-order valence-electron chi connectivity index (χ1n) is 7.67. The molecule has 23 heavy (non-hydrogen) atoms. The second kappa shape index (κ2) is 5.58. The van der Waals surface area contributed by atoms with E-state index in [1.807, 2.05) is 37.5 Å². The van der Waals surface area contributed by atoms with Crippen LogP contribution in [-0.2, 0) is 0 Å². The Balaban J connectivity index is 1.93. The average molecular weight is 323 g/mol. The molecule has 0 saturated carbocycles. The van der Waals surface area contributed by atoms with Gasteiger partial charge in [0.1, 0.15) is 16.8 Å². The minimum atomic E-state index is -0.612. The summed E-state index contributed by atoms with van der Waals surface area (Å²) >= 11 is 1.55. The van der Waals surface area contributed by atoms with Crippen molar-refractivity contribution in [3.8, 4) is 11.5 Å². The van der Waals surface area contributed by atoms with Gasteiger partial charge in [0.25, 0.3) is 0 Å². The number of aliphatic hydroxyl groups excluding tert-OH is 1. The van der Waals surface area contributed by atoms with Gasteiger partial charge in [-0.15, -0.1) is 11.8 Å². The zero-order chi connectivity index (χ0) is 16.0. The molecule has 0 aromatic carbocycles. The van der Waals surface area contributed by atoms with E-state index in [4.69, 9.17) is 4.98 Å². The predicted molar refractivity (Wildman–Crippen MR) is 92.0 cm³/mol. The molecule has 116 valence electrons. The van der Waals surface area contributed by atoms with Gasteiger partial charge in [-0.05, 0) is 49.3 Å². The van der Waals surface area contributed by atoms with Gasteiger partial charge in [-0.2, -0.15) is 0 Å². The maximum Gasteiger partial charge on any atom is 0.179 e. The highest BCUT2D eigenvalue weighted by Gasteiger charge is 2.34. The van der Waals surface area contributed by atoms with Gasteiger partial charge in [0.05, 0.1) is 5.69 Å². The van der Waals surface area contributed by atoms with Gasteiger partial charge < -0.3 is 5.11 Å². The Morgan fingerprint density at radius 3 is 2.87 bits per heavy atom. The molecule has 2 heterocycles. The molecule has 0 amide bonds. The third-order valence-electron chi connectivity index (χ3n) is 4.28. The molecule has 5 heteroatoms. The van der Waals surface area contributed by atoms with Crippen molar-refractivity contribution in [2.75, 3.05) is 6.26 Å². The summed E-state index contributed by atoms with van der Waals surface area (Å²) in [6.07, 6.45) is 7.42. The summed E-state index contributed by atoms with van der Waals surface area (Å²) in [5, 5.41) is 11.5. The lowest BCUT2D eigenvalue weighted by Crippen LogP contribution is -2.04. The number of aromatic nitrogens is 3. The molecular formula is C18H17N3OS. The summed E-state index contributed by atoms with van der Waals surface area (Å²) in [7, 11) is 0. The molecule has 2 aliphatic carbocycles. The Kier molecular flexibility index (Phi) is 3.54. The number of pyridine rings is 1. The molecule has 2 aromatic heterocycles. The number of nitrogens with zero attached hydrogens (tertiary/aromatic N) is 3. The van der Waals surface area contributed by atoms with Crippen LogP contribution < -0.4 is 0 Å². The number of fused-ring (bicyclic) bond motifs is 2. The summed E-state index contributed by atoms with van der Waals surface area (Å²) in [5.41, 5.74) is 5.60. The molecule has 4 nitrogen and oxygen atoms in total. The smallest absolute Gasteiger partial charge is 0.179 e. The van der Waals surface area contributed by atoms with Crippen molar-refractivity contribution in [3.63, 3.8) is 0 Å². The fourth-order valence-corrected chi connectivity index (χ4v) is 3.82. The number of aliphatic hydroxyl groups is 1. The molecule has 0 bridgehead atoms. The maximum atomic E-state index is 10.7. The highest BCUT2D eigenvalue weighted by atomic mass is 32.2. The zero-order valence-corrected chi connectivity index (χ0v) is 13.9. The monoisotopic (exact) mass is 323 g/mol. The van der Waals surface area contributed by atoms with Crippen molar-refractivity contribution >= 4 is 17.3 Å². The first-order valence-corrected chi connectivity index (χ1v) is 8.89. The highest BCUT2D eigenvalue weighted by Crippen LogP contribution is 2.47. The molecule has 2 aromatic rings.